The van der Waals surface area contributed by atoms with Gasteiger partial charge in [-0.3, -0.25) is 4.40 Å². The summed E-state index contributed by atoms with van der Waals surface area (Å²) >= 11 is 1.73. The van der Waals surface area contributed by atoms with E-state index < -0.39 is 0 Å². The lowest BCUT2D eigenvalue weighted by Crippen LogP contribution is -2.22. The lowest BCUT2D eigenvalue weighted by atomic mass is 10.5. The highest BCUT2D eigenvalue weighted by Gasteiger charge is 2.04. The number of fused-ring (bicyclic) bond motifs is 1. The molecule has 0 atom stereocenters. The first-order valence-corrected chi connectivity index (χ1v) is 6.30. The maximum absolute atomic E-state index is 11.8. The van der Waals surface area contributed by atoms with E-state index in [2.05, 4.69) is 5.10 Å². The first-order valence-electron chi connectivity index (χ1n) is 5.15. The third-order valence-corrected chi connectivity index (χ3v) is 3.19. The van der Waals surface area contributed by atoms with Crippen LogP contribution in [0.15, 0.2) is 29.2 Å². The van der Waals surface area contributed by atoms with Crippen molar-refractivity contribution >= 4 is 17.4 Å². The minimum atomic E-state index is -0.0797. The normalized spacial score (nSPS) is 11.1. The SMILES string of the molecule is NCCSCCn1nc2ccccn2c1=O. The van der Waals surface area contributed by atoms with Crippen LogP contribution in [0.25, 0.3) is 5.65 Å². The van der Waals surface area contributed by atoms with E-state index in [0.29, 0.717) is 18.7 Å². The van der Waals surface area contributed by atoms with Crippen molar-refractivity contribution in [2.45, 2.75) is 6.54 Å². The molecule has 0 aliphatic carbocycles. The largest absolute Gasteiger partial charge is 0.350 e. The van der Waals surface area contributed by atoms with Crippen LogP contribution >= 0.6 is 11.8 Å². The molecule has 0 spiro atoms. The summed E-state index contributed by atoms with van der Waals surface area (Å²) in [6.45, 7) is 1.30. The molecule has 0 fully saturated rings. The van der Waals surface area contributed by atoms with Crippen molar-refractivity contribution in [2.75, 3.05) is 18.1 Å². The molecule has 86 valence electrons. The molecule has 2 heterocycles. The Labute approximate surface area is 97.3 Å². The van der Waals surface area contributed by atoms with Gasteiger partial charge in [-0.25, -0.2) is 9.48 Å². The molecule has 0 unspecified atom stereocenters. The Kier molecular flexibility index (Phi) is 3.63. The number of rotatable bonds is 5. The molecule has 0 aromatic carbocycles. The first kappa shape index (κ1) is 11.2. The molecule has 6 heteroatoms. The summed E-state index contributed by atoms with van der Waals surface area (Å²) in [6.07, 6.45) is 1.73. The molecule has 2 rings (SSSR count). The highest BCUT2D eigenvalue weighted by molar-refractivity contribution is 7.99. The van der Waals surface area contributed by atoms with Gasteiger partial charge in [0.25, 0.3) is 0 Å². The minimum absolute atomic E-state index is 0.0797. The van der Waals surface area contributed by atoms with Crippen molar-refractivity contribution in [3.63, 3.8) is 0 Å². The van der Waals surface area contributed by atoms with Crippen LogP contribution in [-0.2, 0) is 6.54 Å². The van der Waals surface area contributed by atoms with Gasteiger partial charge in [-0.2, -0.15) is 11.8 Å². The van der Waals surface area contributed by atoms with E-state index in [1.807, 2.05) is 18.2 Å². The van der Waals surface area contributed by atoms with Gasteiger partial charge in [0.05, 0.1) is 6.54 Å². The van der Waals surface area contributed by atoms with Gasteiger partial charge in [-0.15, -0.1) is 5.10 Å². The predicted molar refractivity (Wildman–Crippen MR) is 65.8 cm³/mol. The maximum atomic E-state index is 11.8. The quantitative estimate of drug-likeness (QED) is 0.755. The molecule has 16 heavy (non-hydrogen) atoms. The second-order valence-electron chi connectivity index (χ2n) is 3.34. The van der Waals surface area contributed by atoms with Crippen LogP contribution in [0.4, 0.5) is 0 Å². The van der Waals surface area contributed by atoms with Crippen LogP contribution in [0.5, 0.6) is 0 Å². The van der Waals surface area contributed by atoms with Gasteiger partial charge in [0, 0.05) is 24.2 Å². The summed E-state index contributed by atoms with van der Waals surface area (Å²) in [5, 5.41) is 4.23. The molecule has 0 amide bonds. The Balaban J connectivity index is 2.13. The van der Waals surface area contributed by atoms with Crippen molar-refractivity contribution < 1.29 is 0 Å². The maximum Gasteiger partial charge on any atom is 0.350 e. The van der Waals surface area contributed by atoms with Gasteiger partial charge in [0.1, 0.15) is 0 Å². The first-order chi connectivity index (χ1) is 7.83. The predicted octanol–water partition coefficient (Wildman–Crippen LogP) is 0.188. The zero-order valence-corrected chi connectivity index (χ0v) is 9.69. The van der Waals surface area contributed by atoms with Gasteiger partial charge < -0.3 is 5.73 Å². The van der Waals surface area contributed by atoms with Crippen molar-refractivity contribution in [3.8, 4) is 0 Å². The lowest BCUT2D eigenvalue weighted by molar-refractivity contribution is 0.639. The number of nitrogens with zero attached hydrogens (tertiary/aromatic N) is 3. The second-order valence-corrected chi connectivity index (χ2v) is 4.56. The van der Waals surface area contributed by atoms with Crippen molar-refractivity contribution in [1.82, 2.24) is 14.2 Å². The smallest absolute Gasteiger partial charge is 0.330 e. The number of thioether (sulfide) groups is 1. The van der Waals surface area contributed by atoms with Crippen molar-refractivity contribution in [3.05, 3.63) is 34.9 Å². The monoisotopic (exact) mass is 238 g/mol. The number of hydrogen-bond acceptors (Lipinski definition) is 4. The highest BCUT2D eigenvalue weighted by Crippen LogP contribution is 2.00. The number of aryl methyl sites for hydroxylation is 1. The fourth-order valence-corrected chi connectivity index (χ4v) is 2.12. The van der Waals surface area contributed by atoms with E-state index >= 15 is 0 Å². The molecular weight excluding hydrogens is 224 g/mol. The topological polar surface area (TPSA) is 65.3 Å². The Morgan fingerprint density at radius 1 is 1.38 bits per heavy atom. The van der Waals surface area contributed by atoms with E-state index in [4.69, 9.17) is 5.73 Å². The summed E-state index contributed by atoms with van der Waals surface area (Å²) in [6, 6.07) is 5.52. The average Bonchev–Trinajstić information content (AvgIpc) is 2.63. The van der Waals surface area contributed by atoms with Gasteiger partial charge in [-0.05, 0) is 12.1 Å². The third kappa shape index (κ3) is 2.28. The highest BCUT2D eigenvalue weighted by atomic mass is 32.2. The van der Waals surface area contributed by atoms with Crippen molar-refractivity contribution in [2.24, 2.45) is 5.73 Å². The number of pyridine rings is 1. The Morgan fingerprint density at radius 2 is 2.25 bits per heavy atom. The number of aromatic nitrogens is 3. The Hall–Kier alpha value is -1.27. The van der Waals surface area contributed by atoms with Crippen molar-refractivity contribution in [1.29, 1.82) is 0 Å². The third-order valence-electron chi connectivity index (χ3n) is 2.20. The molecule has 2 aromatic heterocycles. The molecule has 0 aliphatic heterocycles. The van der Waals surface area contributed by atoms with Crippen LogP contribution < -0.4 is 11.4 Å². The summed E-state index contributed by atoms with van der Waals surface area (Å²) in [4.78, 5) is 11.8. The van der Waals surface area contributed by atoms with Crippen LogP contribution in [0.1, 0.15) is 0 Å². The molecule has 0 saturated heterocycles. The lowest BCUT2D eigenvalue weighted by Gasteiger charge is -1.98. The van der Waals surface area contributed by atoms with E-state index in [1.54, 1.807) is 22.4 Å². The molecule has 5 nitrogen and oxygen atoms in total. The van der Waals surface area contributed by atoms with Gasteiger partial charge in [0.2, 0.25) is 0 Å². The molecule has 0 bridgehead atoms. The van der Waals surface area contributed by atoms with E-state index in [-0.39, 0.29) is 5.69 Å². The Bertz CT molecular complexity index is 519. The Morgan fingerprint density at radius 3 is 3.00 bits per heavy atom. The standard InChI is InChI=1S/C10H14N4OS/c11-4-7-16-8-6-14-10(15)13-5-2-1-3-9(13)12-14/h1-3,5H,4,6-8,11H2. The van der Waals surface area contributed by atoms with Crippen LogP contribution in [0.2, 0.25) is 0 Å². The molecular formula is C10H14N4OS. The van der Waals surface area contributed by atoms with Crippen LogP contribution in [0.3, 0.4) is 0 Å². The zero-order valence-electron chi connectivity index (χ0n) is 8.87. The molecule has 2 aromatic rings. The van der Waals surface area contributed by atoms with Crippen LogP contribution in [-0.4, -0.2) is 32.2 Å². The second kappa shape index (κ2) is 5.18. The minimum Gasteiger partial charge on any atom is -0.330 e. The zero-order chi connectivity index (χ0) is 11.4. The van der Waals surface area contributed by atoms with Gasteiger partial charge >= 0.3 is 5.69 Å². The number of nitrogens with two attached hydrogens (primary N) is 1. The van der Waals surface area contributed by atoms with Gasteiger partial charge in [0.15, 0.2) is 5.65 Å². The summed E-state index contributed by atoms with van der Waals surface area (Å²) in [5.41, 5.74) is 6.00. The molecule has 0 saturated carbocycles. The summed E-state index contributed by atoms with van der Waals surface area (Å²) in [7, 11) is 0. The fraction of sp³-hybridized carbons (Fsp3) is 0.400. The molecule has 0 aliphatic rings. The molecule has 2 N–H and O–H groups in total. The molecule has 0 radical (unpaired) electrons. The summed E-state index contributed by atoms with van der Waals surface area (Å²) < 4.78 is 3.05. The fourth-order valence-electron chi connectivity index (χ4n) is 1.45. The van der Waals surface area contributed by atoms with Crippen LogP contribution in [0, 0.1) is 0 Å². The summed E-state index contributed by atoms with van der Waals surface area (Å²) in [5.74, 6) is 1.78. The van der Waals surface area contributed by atoms with E-state index in [9.17, 15) is 4.79 Å². The van der Waals surface area contributed by atoms with E-state index in [0.717, 1.165) is 11.5 Å². The average molecular weight is 238 g/mol. The van der Waals surface area contributed by atoms with E-state index in [1.165, 1.54) is 4.68 Å². The number of hydrogen-bond donors (Lipinski definition) is 1. The van der Waals surface area contributed by atoms with Gasteiger partial charge in [-0.1, -0.05) is 6.07 Å².